The molecule has 144 valence electrons. The van der Waals surface area contributed by atoms with Gasteiger partial charge in [0.2, 0.25) is 0 Å². The molecular formula is C20H22N6OS. The number of thiazole rings is 1. The molecule has 1 amide bonds. The number of carbonyl (C=O) groups is 1. The summed E-state index contributed by atoms with van der Waals surface area (Å²) in [6.07, 6.45) is 10.2. The van der Waals surface area contributed by atoms with Crippen molar-refractivity contribution in [1.82, 2.24) is 25.3 Å². The normalized spacial score (nSPS) is 14.5. The molecule has 0 radical (unpaired) electrons. The molecule has 1 aliphatic rings. The van der Waals surface area contributed by atoms with Crippen molar-refractivity contribution in [3.63, 3.8) is 0 Å². The summed E-state index contributed by atoms with van der Waals surface area (Å²) in [4.78, 5) is 32.0. The van der Waals surface area contributed by atoms with Gasteiger partial charge < -0.3 is 10.2 Å². The fourth-order valence-electron chi connectivity index (χ4n) is 3.17. The molecule has 0 saturated carbocycles. The second-order valence-corrected chi connectivity index (χ2v) is 7.58. The van der Waals surface area contributed by atoms with Crippen molar-refractivity contribution in [2.24, 2.45) is 0 Å². The van der Waals surface area contributed by atoms with Crippen molar-refractivity contribution in [3.8, 4) is 10.8 Å². The first kappa shape index (κ1) is 18.5. The van der Waals surface area contributed by atoms with Gasteiger partial charge in [-0.2, -0.15) is 0 Å². The summed E-state index contributed by atoms with van der Waals surface area (Å²) < 4.78 is 0. The summed E-state index contributed by atoms with van der Waals surface area (Å²) in [5.74, 6) is 1.33. The van der Waals surface area contributed by atoms with E-state index in [2.05, 4.69) is 30.2 Å². The van der Waals surface area contributed by atoms with Crippen molar-refractivity contribution in [2.75, 3.05) is 18.0 Å². The number of pyridine rings is 1. The Morgan fingerprint density at radius 3 is 2.57 bits per heavy atom. The van der Waals surface area contributed by atoms with Gasteiger partial charge in [-0.15, -0.1) is 11.3 Å². The van der Waals surface area contributed by atoms with Gasteiger partial charge in [-0.1, -0.05) is 18.9 Å². The van der Waals surface area contributed by atoms with Crippen LogP contribution in [0, 0.1) is 0 Å². The first-order chi connectivity index (χ1) is 13.8. The predicted molar refractivity (Wildman–Crippen MR) is 109 cm³/mol. The molecule has 0 aliphatic carbocycles. The quantitative estimate of drug-likeness (QED) is 0.715. The van der Waals surface area contributed by atoms with E-state index in [0.29, 0.717) is 23.1 Å². The molecule has 0 spiro atoms. The lowest BCUT2D eigenvalue weighted by Crippen LogP contribution is -2.25. The average molecular weight is 395 g/mol. The van der Waals surface area contributed by atoms with Crippen LogP contribution in [0.15, 0.2) is 42.2 Å². The third kappa shape index (κ3) is 4.51. The molecule has 28 heavy (non-hydrogen) atoms. The van der Waals surface area contributed by atoms with Gasteiger partial charge in [0.25, 0.3) is 5.91 Å². The van der Waals surface area contributed by atoms with Crippen LogP contribution in [0.25, 0.3) is 10.8 Å². The average Bonchev–Trinajstić information content (AvgIpc) is 3.09. The number of anilines is 1. The van der Waals surface area contributed by atoms with Crippen molar-refractivity contribution in [2.45, 2.75) is 32.2 Å². The number of rotatable bonds is 5. The number of amides is 1. The maximum absolute atomic E-state index is 12.4. The minimum Gasteiger partial charge on any atom is -0.357 e. The first-order valence-corrected chi connectivity index (χ1v) is 10.4. The third-order valence-corrected chi connectivity index (χ3v) is 5.52. The van der Waals surface area contributed by atoms with E-state index in [1.165, 1.54) is 37.0 Å². The molecule has 4 heterocycles. The standard InChI is InChI=1S/C20H22N6OS/c27-19(16-14-28-20(25-16)18-21-8-5-9-22-18)24-13-15-6-7-17(23-12-15)26-10-3-1-2-4-11-26/h5-9,12,14H,1-4,10-11,13H2,(H,24,27). The van der Waals surface area contributed by atoms with Crippen LogP contribution in [0.3, 0.4) is 0 Å². The Hall–Kier alpha value is -2.87. The monoisotopic (exact) mass is 394 g/mol. The number of hydrogen-bond donors (Lipinski definition) is 1. The number of nitrogens with zero attached hydrogens (tertiary/aromatic N) is 5. The molecule has 0 aromatic carbocycles. The molecule has 3 aromatic heterocycles. The summed E-state index contributed by atoms with van der Waals surface area (Å²) in [5.41, 5.74) is 1.34. The van der Waals surface area contributed by atoms with Crippen LogP contribution < -0.4 is 10.2 Å². The highest BCUT2D eigenvalue weighted by Gasteiger charge is 2.14. The Balaban J connectivity index is 1.34. The van der Waals surface area contributed by atoms with E-state index in [1.54, 1.807) is 23.8 Å². The molecule has 1 aliphatic heterocycles. The van der Waals surface area contributed by atoms with Gasteiger partial charge in [0.15, 0.2) is 10.8 Å². The van der Waals surface area contributed by atoms with Gasteiger partial charge in [-0.3, -0.25) is 4.79 Å². The Kier molecular flexibility index (Phi) is 5.86. The second-order valence-electron chi connectivity index (χ2n) is 6.72. The molecular weight excluding hydrogens is 372 g/mol. The van der Waals surface area contributed by atoms with Gasteiger partial charge in [0.1, 0.15) is 11.5 Å². The largest absolute Gasteiger partial charge is 0.357 e. The number of carbonyl (C=O) groups excluding carboxylic acids is 1. The van der Waals surface area contributed by atoms with Crippen molar-refractivity contribution in [3.05, 3.63) is 53.4 Å². The minimum absolute atomic E-state index is 0.213. The van der Waals surface area contributed by atoms with E-state index < -0.39 is 0 Å². The zero-order chi connectivity index (χ0) is 19.2. The number of nitrogens with one attached hydrogen (secondary N) is 1. The fraction of sp³-hybridized carbons (Fsp3) is 0.350. The van der Waals surface area contributed by atoms with Gasteiger partial charge in [0.05, 0.1) is 0 Å². The highest BCUT2D eigenvalue weighted by atomic mass is 32.1. The van der Waals surface area contributed by atoms with Gasteiger partial charge >= 0.3 is 0 Å². The van der Waals surface area contributed by atoms with Crippen molar-refractivity contribution < 1.29 is 4.79 Å². The van der Waals surface area contributed by atoms with Gasteiger partial charge in [0, 0.05) is 43.6 Å². The summed E-state index contributed by atoms with van der Waals surface area (Å²) >= 11 is 1.36. The molecule has 0 unspecified atom stereocenters. The highest BCUT2D eigenvalue weighted by molar-refractivity contribution is 7.13. The lowest BCUT2D eigenvalue weighted by Gasteiger charge is -2.21. The van der Waals surface area contributed by atoms with E-state index in [0.717, 1.165) is 24.5 Å². The first-order valence-electron chi connectivity index (χ1n) is 9.50. The van der Waals surface area contributed by atoms with E-state index >= 15 is 0 Å². The SMILES string of the molecule is O=C(NCc1ccc(N2CCCCCC2)nc1)c1csc(-c2ncccn2)n1. The Morgan fingerprint density at radius 2 is 1.86 bits per heavy atom. The van der Waals surface area contributed by atoms with E-state index in [-0.39, 0.29) is 5.91 Å². The number of aromatic nitrogens is 4. The zero-order valence-corrected chi connectivity index (χ0v) is 16.4. The van der Waals surface area contributed by atoms with E-state index in [4.69, 9.17) is 0 Å². The Morgan fingerprint density at radius 1 is 1.07 bits per heavy atom. The maximum Gasteiger partial charge on any atom is 0.271 e. The maximum atomic E-state index is 12.4. The molecule has 1 saturated heterocycles. The predicted octanol–water partition coefficient (Wildman–Crippen LogP) is 3.31. The zero-order valence-electron chi connectivity index (χ0n) is 15.5. The highest BCUT2D eigenvalue weighted by Crippen LogP contribution is 2.20. The Bertz CT molecular complexity index is 904. The molecule has 7 nitrogen and oxygen atoms in total. The summed E-state index contributed by atoms with van der Waals surface area (Å²) in [6, 6.07) is 5.81. The lowest BCUT2D eigenvalue weighted by molar-refractivity contribution is 0.0946. The lowest BCUT2D eigenvalue weighted by atomic mass is 10.2. The summed E-state index contributed by atoms with van der Waals surface area (Å²) in [6.45, 7) is 2.56. The number of hydrogen-bond acceptors (Lipinski definition) is 7. The van der Waals surface area contributed by atoms with Crippen molar-refractivity contribution in [1.29, 1.82) is 0 Å². The van der Waals surface area contributed by atoms with Crippen LogP contribution in [0.4, 0.5) is 5.82 Å². The summed E-state index contributed by atoms with van der Waals surface area (Å²) in [5, 5.41) is 5.26. The fourth-order valence-corrected chi connectivity index (χ4v) is 3.92. The molecule has 8 heteroatoms. The molecule has 3 aromatic rings. The van der Waals surface area contributed by atoms with Crippen LogP contribution in [0.2, 0.25) is 0 Å². The summed E-state index contributed by atoms with van der Waals surface area (Å²) in [7, 11) is 0. The molecule has 1 N–H and O–H groups in total. The van der Waals surface area contributed by atoms with Gasteiger partial charge in [-0.25, -0.2) is 19.9 Å². The molecule has 0 bridgehead atoms. The van der Waals surface area contributed by atoms with Crippen LogP contribution in [-0.2, 0) is 6.54 Å². The van der Waals surface area contributed by atoms with Crippen LogP contribution >= 0.6 is 11.3 Å². The van der Waals surface area contributed by atoms with Crippen LogP contribution in [-0.4, -0.2) is 38.9 Å². The smallest absolute Gasteiger partial charge is 0.271 e. The minimum atomic E-state index is -0.213. The third-order valence-electron chi connectivity index (χ3n) is 4.69. The van der Waals surface area contributed by atoms with Gasteiger partial charge in [-0.05, 0) is 30.5 Å². The van der Waals surface area contributed by atoms with E-state index in [9.17, 15) is 4.79 Å². The topological polar surface area (TPSA) is 83.9 Å². The molecule has 1 fully saturated rings. The molecule has 4 rings (SSSR count). The van der Waals surface area contributed by atoms with Crippen LogP contribution in [0.5, 0.6) is 0 Å². The van der Waals surface area contributed by atoms with E-state index in [1.807, 2.05) is 18.3 Å². The van der Waals surface area contributed by atoms with Crippen molar-refractivity contribution >= 4 is 23.1 Å². The molecule has 0 atom stereocenters. The van der Waals surface area contributed by atoms with Crippen LogP contribution in [0.1, 0.15) is 41.7 Å². The Labute approximate surface area is 167 Å². The second kappa shape index (κ2) is 8.88.